The van der Waals surface area contributed by atoms with Gasteiger partial charge in [-0.1, -0.05) is 18.2 Å². The molecule has 0 spiro atoms. The minimum atomic E-state index is -0.621. The molecule has 2 aliphatic heterocycles. The average Bonchev–Trinajstić information content (AvgIpc) is 2.69. The van der Waals surface area contributed by atoms with Gasteiger partial charge in [-0.3, -0.25) is 4.90 Å². The number of nitrogens with one attached hydrogen (secondary N) is 2. The van der Waals surface area contributed by atoms with Crippen molar-refractivity contribution in [3.63, 3.8) is 0 Å². The van der Waals surface area contributed by atoms with Crippen LogP contribution in [0, 0.1) is 0 Å². The summed E-state index contributed by atoms with van der Waals surface area (Å²) in [5, 5.41) is 5.72. The fourth-order valence-corrected chi connectivity index (χ4v) is 4.39. The summed E-state index contributed by atoms with van der Waals surface area (Å²) in [5.41, 5.74) is 1.78. The highest BCUT2D eigenvalue weighted by Crippen LogP contribution is 2.34. The van der Waals surface area contributed by atoms with Crippen LogP contribution in [0.2, 0.25) is 0 Å². The molecular weight excluding hydrogens is 378 g/mol. The predicted molar refractivity (Wildman–Crippen MR) is 109 cm³/mol. The molecule has 3 rings (SSSR count). The van der Waals surface area contributed by atoms with Gasteiger partial charge in [0.15, 0.2) is 0 Å². The first-order chi connectivity index (χ1) is 13.6. The first-order valence-corrected chi connectivity index (χ1v) is 10.8. The van der Waals surface area contributed by atoms with Crippen molar-refractivity contribution in [3.8, 4) is 5.75 Å². The lowest BCUT2D eigenvalue weighted by Gasteiger charge is -2.33. The molecule has 0 aromatic heterocycles. The molecule has 1 saturated heterocycles. The third-order valence-corrected chi connectivity index (χ3v) is 5.61. The Morgan fingerprint density at radius 3 is 2.68 bits per heavy atom. The Morgan fingerprint density at radius 1 is 1.21 bits per heavy atom. The number of ether oxygens (including phenoxy) is 2. The molecule has 2 aliphatic rings. The van der Waals surface area contributed by atoms with Gasteiger partial charge < -0.3 is 20.1 Å². The van der Waals surface area contributed by atoms with E-state index in [0.29, 0.717) is 30.2 Å². The third-order valence-electron chi connectivity index (χ3n) is 4.66. The molecule has 1 aromatic rings. The largest absolute Gasteiger partial charge is 0.494 e. The molecule has 1 aromatic carbocycles. The van der Waals surface area contributed by atoms with Crippen LogP contribution in [0.15, 0.2) is 35.5 Å². The van der Waals surface area contributed by atoms with Gasteiger partial charge in [-0.2, -0.15) is 11.8 Å². The second kappa shape index (κ2) is 9.84. The molecule has 1 atom stereocenters. The topological polar surface area (TPSA) is 79.9 Å². The molecule has 0 unspecified atom stereocenters. The molecule has 2 heterocycles. The van der Waals surface area contributed by atoms with E-state index in [2.05, 4.69) is 15.5 Å². The van der Waals surface area contributed by atoms with E-state index < -0.39 is 12.0 Å². The zero-order valence-corrected chi connectivity index (χ0v) is 17.1. The highest BCUT2D eigenvalue weighted by Gasteiger charge is 2.35. The van der Waals surface area contributed by atoms with Crippen LogP contribution >= 0.6 is 11.8 Å². The molecule has 8 heteroatoms. The zero-order chi connectivity index (χ0) is 19.9. The number of rotatable bonds is 7. The average molecular weight is 406 g/mol. The predicted octanol–water partition coefficient (Wildman–Crippen LogP) is 2.31. The minimum absolute atomic E-state index is 0.268. The number of thioether (sulfide) groups is 1. The van der Waals surface area contributed by atoms with Crippen LogP contribution < -0.4 is 15.4 Å². The molecular formula is C20H27N3O4S. The molecule has 0 saturated carbocycles. The number of amides is 2. The Hall–Kier alpha value is -2.19. The molecule has 0 radical (unpaired) electrons. The van der Waals surface area contributed by atoms with Crippen LogP contribution in [0.25, 0.3) is 0 Å². The number of carbonyl (C=O) groups excluding carboxylic acids is 2. The third kappa shape index (κ3) is 4.80. The molecule has 1 fully saturated rings. The van der Waals surface area contributed by atoms with Gasteiger partial charge in [-0.05, 0) is 19.9 Å². The van der Waals surface area contributed by atoms with Crippen molar-refractivity contribution in [2.75, 3.05) is 44.4 Å². The number of urea groups is 1. The number of hydrogen-bond acceptors (Lipinski definition) is 6. The van der Waals surface area contributed by atoms with Crippen molar-refractivity contribution in [1.29, 1.82) is 0 Å². The fraction of sp³-hybridized carbons (Fsp3) is 0.500. The van der Waals surface area contributed by atoms with Gasteiger partial charge in [0.1, 0.15) is 5.75 Å². The van der Waals surface area contributed by atoms with Crippen molar-refractivity contribution in [1.82, 2.24) is 15.5 Å². The van der Waals surface area contributed by atoms with Crippen LogP contribution in [0.4, 0.5) is 4.79 Å². The Labute approximate surface area is 169 Å². The van der Waals surface area contributed by atoms with E-state index in [1.54, 1.807) is 6.92 Å². The Bertz CT molecular complexity index is 747. The molecule has 0 bridgehead atoms. The normalized spacial score (nSPS) is 20.4. The maximum Gasteiger partial charge on any atom is 0.338 e. The van der Waals surface area contributed by atoms with Gasteiger partial charge >= 0.3 is 12.0 Å². The lowest BCUT2D eigenvalue weighted by molar-refractivity contribution is -0.139. The first-order valence-electron chi connectivity index (χ1n) is 9.63. The quantitative estimate of drug-likeness (QED) is 0.678. The van der Waals surface area contributed by atoms with E-state index in [4.69, 9.17) is 9.47 Å². The van der Waals surface area contributed by atoms with Crippen molar-refractivity contribution in [3.05, 3.63) is 41.1 Å². The Morgan fingerprint density at radius 2 is 1.96 bits per heavy atom. The number of benzene rings is 1. The van der Waals surface area contributed by atoms with E-state index >= 15 is 0 Å². The van der Waals surface area contributed by atoms with Gasteiger partial charge in [-0.15, -0.1) is 0 Å². The summed E-state index contributed by atoms with van der Waals surface area (Å²) in [6.07, 6.45) is 0. The van der Waals surface area contributed by atoms with Gasteiger partial charge in [0, 0.05) is 42.4 Å². The zero-order valence-electron chi connectivity index (χ0n) is 16.3. The number of carbonyl (C=O) groups is 2. The smallest absolute Gasteiger partial charge is 0.338 e. The summed E-state index contributed by atoms with van der Waals surface area (Å²) < 4.78 is 11.1. The van der Waals surface area contributed by atoms with Crippen LogP contribution in [-0.2, 0) is 9.53 Å². The van der Waals surface area contributed by atoms with Gasteiger partial charge in [0.05, 0.1) is 24.8 Å². The first kappa shape index (κ1) is 20.5. The standard InChI is InChI=1S/C20H27N3O4S/c1-3-26-16-8-6-5-7-14(16)18-17(19(24)27-4-2)15(21-20(25)22-18)13-23-9-11-28-12-10-23/h5-8,18H,3-4,9-13H2,1-2H3,(H2,21,22,25)/t18-/m0/s1. The lowest BCUT2D eigenvalue weighted by atomic mass is 9.94. The summed E-state index contributed by atoms with van der Waals surface area (Å²) in [6.45, 7) is 6.80. The second-order valence-electron chi connectivity index (χ2n) is 6.50. The number of nitrogens with zero attached hydrogens (tertiary/aromatic N) is 1. The summed E-state index contributed by atoms with van der Waals surface area (Å²) in [7, 11) is 0. The van der Waals surface area contributed by atoms with Crippen LogP contribution in [0.3, 0.4) is 0 Å². The second-order valence-corrected chi connectivity index (χ2v) is 7.73. The van der Waals surface area contributed by atoms with Gasteiger partial charge in [-0.25, -0.2) is 9.59 Å². The van der Waals surface area contributed by atoms with Crippen LogP contribution in [0.1, 0.15) is 25.5 Å². The van der Waals surface area contributed by atoms with E-state index in [-0.39, 0.29) is 12.6 Å². The Balaban J connectivity index is 2.01. The molecule has 2 amide bonds. The summed E-state index contributed by atoms with van der Waals surface area (Å²) in [4.78, 5) is 27.5. The van der Waals surface area contributed by atoms with Crippen LogP contribution in [0.5, 0.6) is 5.75 Å². The van der Waals surface area contributed by atoms with Crippen molar-refractivity contribution >= 4 is 23.8 Å². The van der Waals surface area contributed by atoms with E-state index in [9.17, 15) is 9.59 Å². The monoisotopic (exact) mass is 405 g/mol. The Kier molecular flexibility index (Phi) is 7.22. The highest BCUT2D eigenvalue weighted by atomic mass is 32.2. The van der Waals surface area contributed by atoms with E-state index in [1.165, 1.54) is 0 Å². The maximum absolute atomic E-state index is 12.9. The SMILES string of the molecule is CCOC(=O)C1=C(CN2CCSCC2)NC(=O)N[C@H]1c1ccccc1OCC. The van der Waals surface area contributed by atoms with Crippen molar-refractivity contribution in [2.45, 2.75) is 19.9 Å². The number of hydrogen-bond donors (Lipinski definition) is 2. The minimum Gasteiger partial charge on any atom is -0.494 e. The van der Waals surface area contributed by atoms with Crippen LogP contribution in [-0.4, -0.2) is 61.3 Å². The molecule has 152 valence electrons. The molecule has 0 aliphatic carbocycles. The van der Waals surface area contributed by atoms with Crippen molar-refractivity contribution < 1.29 is 19.1 Å². The number of esters is 1. The molecule has 28 heavy (non-hydrogen) atoms. The number of para-hydroxylation sites is 1. The summed E-state index contributed by atoms with van der Waals surface area (Å²) >= 11 is 1.92. The van der Waals surface area contributed by atoms with Gasteiger partial charge in [0.25, 0.3) is 0 Å². The summed E-state index contributed by atoms with van der Waals surface area (Å²) in [6, 6.07) is 6.51. The highest BCUT2D eigenvalue weighted by molar-refractivity contribution is 7.99. The van der Waals surface area contributed by atoms with Gasteiger partial charge in [0.2, 0.25) is 0 Å². The fourth-order valence-electron chi connectivity index (χ4n) is 3.41. The van der Waals surface area contributed by atoms with E-state index in [0.717, 1.165) is 30.2 Å². The molecule has 7 nitrogen and oxygen atoms in total. The summed E-state index contributed by atoms with van der Waals surface area (Å²) in [5.74, 6) is 2.32. The maximum atomic E-state index is 12.9. The molecule has 2 N–H and O–H groups in total. The van der Waals surface area contributed by atoms with E-state index in [1.807, 2.05) is 43.0 Å². The lowest BCUT2D eigenvalue weighted by Crippen LogP contribution is -2.49. The van der Waals surface area contributed by atoms with Crippen molar-refractivity contribution in [2.24, 2.45) is 0 Å².